The van der Waals surface area contributed by atoms with Crippen molar-refractivity contribution in [1.29, 1.82) is 0 Å². The molecular weight excluding hydrogens is 184 g/mol. The van der Waals surface area contributed by atoms with E-state index in [1.807, 2.05) is 0 Å². The van der Waals surface area contributed by atoms with Crippen molar-refractivity contribution in [3.63, 3.8) is 0 Å². The van der Waals surface area contributed by atoms with Crippen LogP contribution in [0.5, 0.6) is 0 Å². The lowest BCUT2D eigenvalue weighted by Gasteiger charge is -2.32. The van der Waals surface area contributed by atoms with Gasteiger partial charge in [-0.25, -0.2) is 0 Å². The normalized spacial score (nSPS) is 44.2. The molecule has 0 radical (unpaired) electrons. The summed E-state index contributed by atoms with van der Waals surface area (Å²) in [6.45, 7) is 11.0. The molecule has 15 heavy (non-hydrogen) atoms. The van der Waals surface area contributed by atoms with Crippen molar-refractivity contribution < 1.29 is 0 Å². The number of nitrogens with zero attached hydrogens (tertiary/aromatic N) is 1. The van der Waals surface area contributed by atoms with Gasteiger partial charge in [-0.3, -0.25) is 4.90 Å². The SMILES string of the molecule is CC1CN(C2CCC(C)C2C)CCCN1. The molecule has 1 saturated heterocycles. The summed E-state index contributed by atoms with van der Waals surface area (Å²) in [4.78, 5) is 2.75. The summed E-state index contributed by atoms with van der Waals surface area (Å²) >= 11 is 0. The number of hydrogen-bond donors (Lipinski definition) is 1. The second-order valence-corrected chi connectivity index (χ2v) is 5.68. The zero-order chi connectivity index (χ0) is 10.8. The number of rotatable bonds is 1. The Morgan fingerprint density at radius 1 is 1.13 bits per heavy atom. The Labute approximate surface area is 94.4 Å². The Morgan fingerprint density at radius 2 is 1.93 bits per heavy atom. The van der Waals surface area contributed by atoms with Gasteiger partial charge in [-0.05, 0) is 51.1 Å². The monoisotopic (exact) mass is 210 g/mol. The molecule has 0 aromatic rings. The van der Waals surface area contributed by atoms with E-state index < -0.39 is 0 Å². The zero-order valence-electron chi connectivity index (χ0n) is 10.5. The molecule has 1 aliphatic heterocycles. The molecule has 1 saturated carbocycles. The van der Waals surface area contributed by atoms with Crippen LogP contribution in [0.4, 0.5) is 0 Å². The first kappa shape index (κ1) is 11.4. The molecule has 0 aromatic heterocycles. The van der Waals surface area contributed by atoms with Crippen molar-refractivity contribution >= 4 is 0 Å². The van der Waals surface area contributed by atoms with Crippen molar-refractivity contribution in [2.24, 2.45) is 11.8 Å². The van der Waals surface area contributed by atoms with Crippen molar-refractivity contribution in [2.45, 2.75) is 52.1 Å². The molecule has 0 bridgehead atoms. The maximum Gasteiger partial charge on any atom is 0.0166 e. The van der Waals surface area contributed by atoms with E-state index in [2.05, 4.69) is 31.0 Å². The third kappa shape index (κ3) is 2.54. The quantitative estimate of drug-likeness (QED) is 0.713. The predicted octanol–water partition coefficient (Wildman–Crippen LogP) is 2.10. The van der Waals surface area contributed by atoms with E-state index in [9.17, 15) is 0 Å². The molecule has 2 fully saturated rings. The molecule has 2 rings (SSSR count). The Morgan fingerprint density at radius 3 is 2.60 bits per heavy atom. The lowest BCUT2D eigenvalue weighted by Crippen LogP contribution is -2.43. The molecular formula is C13H26N2. The molecule has 88 valence electrons. The van der Waals surface area contributed by atoms with Gasteiger partial charge in [0.2, 0.25) is 0 Å². The van der Waals surface area contributed by atoms with Crippen LogP contribution in [0.1, 0.15) is 40.0 Å². The maximum atomic E-state index is 3.58. The minimum atomic E-state index is 0.676. The first-order valence-corrected chi connectivity index (χ1v) is 6.66. The van der Waals surface area contributed by atoms with Crippen LogP contribution in [0.25, 0.3) is 0 Å². The zero-order valence-corrected chi connectivity index (χ0v) is 10.5. The second kappa shape index (κ2) is 4.84. The van der Waals surface area contributed by atoms with E-state index >= 15 is 0 Å². The summed E-state index contributed by atoms with van der Waals surface area (Å²) in [7, 11) is 0. The molecule has 0 amide bonds. The Hall–Kier alpha value is -0.0800. The van der Waals surface area contributed by atoms with Gasteiger partial charge >= 0.3 is 0 Å². The van der Waals surface area contributed by atoms with E-state index in [1.165, 1.54) is 38.9 Å². The molecule has 1 N–H and O–H groups in total. The summed E-state index contributed by atoms with van der Waals surface area (Å²) in [5.74, 6) is 1.83. The van der Waals surface area contributed by atoms with Crippen molar-refractivity contribution in [3.8, 4) is 0 Å². The van der Waals surface area contributed by atoms with Gasteiger partial charge in [0.05, 0.1) is 0 Å². The Bertz CT molecular complexity index is 205. The van der Waals surface area contributed by atoms with Gasteiger partial charge in [0.15, 0.2) is 0 Å². The highest BCUT2D eigenvalue weighted by molar-refractivity contribution is 4.89. The van der Waals surface area contributed by atoms with Gasteiger partial charge in [0.25, 0.3) is 0 Å². The molecule has 0 aromatic carbocycles. The largest absolute Gasteiger partial charge is 0.313 e. The van der Waals surface area contributed by atoms with Gasteiger partial charge in [-0.1, -0.05) is 13.8 Å². The maximum absolute atomic E-state index is 3.58. The van der Waals surface area contributed by atoms with Gasteiger partial charge in [-0.2, -0.15) is 0 Å². The van der Waals surface area contributed by atoms with E-state index in [0.717, 1.165) is 17.9 Å². The van der Waals surface area contributed by atoms with E-state index in [-0.39, 0.29) is 0 Å². The van der Waals surface area contributed by atoms with Crippen molar-refractivity contribution in [1.82, 2.24) is 10.2 Å². The fourth-order valence-corrected chi connectivity index (χ4v) is 3.29. The van der Waals surface area contributed by atoms with Crippen molar-refractivity contribution in [2.75, 3.05) is 19.6 Å². The van der Waals surface area contributed by atoms with E-state index in [4.69, 9.17) is 0 Å². The van der Waals surface area contributed by atoms with Crippen molar-refractivity contribution in [3.05, 3.63) is 0 Å². The van der Waals surface area contributed by atoms with Crippen LogP contribution < -0.4 is 5.32 Å². The highest BCUT2D eigenvalue weighted by Gasteiger charge is 2.34. The molecule has 2 aliphatic rings. The minimum Gasteiger partial charge on any atom is -0.313 e. The lowest BCUT2D eigenvalue weighted by molar-refractivity contribution is 0.156. The fraction of sp³-hybridized carbons (Fsp3) is 1.00. The van der Waals surface area contributed by atoms with Crippen LogP contribution in [0.3, 0.4) is 0 Å². The average molecular weight is 210 g/mol. The second-order valence-electron chi connectivity index (χ2n) is 5.68. The van der Waals surface area contributed by atoms with Gasteiger partial charge in [-0.15, -0.1) is 0 Å². The summed E-state index contributed by atoms with van der Waals surface area (Å²) < 4.78 is 0. The molecule has 1 heterocycles. The summed E-state index contributed by atoms with van der Waals surface area (Å²) in [5, 5.41) is 3.58. The molecule has 4 atom stereocenters. The molecule has 0 spiro atoms. The van der Waals surface area contributed by atoms with Crippen LogP contribution in [0, 0.1) is 11.8 Å². The Kier molecular flexibility index (Phi) is 3.68. The highest BCUT2D eigenvalue weighted by atomic mass is 15.2. The number of hydrogen-bond acceptors (Lipinski definition) is 2. The molecule has 4 unspecified atom stereocenters. The molecule has 2 heteroatoms. The molecule has 1 aliphatic carbocycles. The van der Waals surface area contributed by atoms with Gasteiger partial charge in [0, 0.05) is 18.6 Å². The van der Waals surface area contributed by atoms with Crippen LogP contribution in [0.2, 0.25) is 0 Å². The first-order chi connectivity index (χ1) is 7.18. The van der Waals surface area contributed by atoms with Crippen LogP contribution in [-0.2, 0) is 0 Å². The van der Waals surface area contributed by atoms with E-state index in [1.54, 1.807) is 0 Å². The summed E-state index contributed by atoms with van der Waals surface area (Å²) in [5.41, 5.74) is 0. The fourth-order valence-electron chi connectivity index (χ4n) is 3.29. The van der Waals surface area contributed by atoms with Crippen LogP contribution in [0.15, 0.2) is 0 Å². The first-order valence-electron chi connectivity index (χ1n) is 6.66. The molecule has 2 nitrogen and oxygen atoms in total. The van der Waals surface area contributed by atoms with Gasteiger partial charge in [0.1, 0.15) is 0 Å². The third-order valence-corrected chi connectivity index (χ3v) is 4.51. The van der Waals surface area contributed by atoms with Gasteiger partial charge < -0.3 is 5.32 Å². The highest BCUT2D eigenvalue weighted by Crippen LogP contribution is 2.34. The standard InChI is InChI=1S/C13H26N2/c1-10-5-6-13(12(10)3)15-8-4-7-14-11(2)9-15/h10-14H,4-9H2,1-3H3. The average Bonchev–Trinajstić information content (AvgIpc) is 2.42. The number of nitrogens with one attached hydrogen (secondary N) is 1. The van der Waals surface area contributed by atoms with Crippen LogP contribution >= 0.6 is 0 Å². The summed E-state index contributed by atoms with van der Waals surface area (Å²) in [6, 6.07) is 1.54. The summed E-state index contributed by atoms with van der Waals surface area (Å²) in [6.07, 6.45) is 4.18. The topological polar surface area (TPSA) is 15.3 Å². The van der Waals surface area contributed by atoms with E-state index in [0.29, 0.717) is 6.04 Å². The third-order valence-electron chi connectivity index (χ3n) is 4.51. The van der Waals surface area contributed by atoms with Crippen LogP contribution in [-0.4, -0.2) is 36.6 Å². The smallest absolute Gasteiger partial charge is 0.0166 e. The Balaban J connectivity index is 1.96. The lowest BCUT2D eigenvalue weighted by atomic mass is 9.96. The predicted molar refractivity (Wildman–Crippen MR) is 65.0 cm³/mol. The minimum absolute atomic E-state index is 0.676.